The largest absolute Gasteiger partial charge is 0.497 e. The topological polar surface area (TPSA) is 91.7 Å². The maximum absolute atomic E-state index is 13.4. The van der Waals surface area contributed by atoms with Crippen LogP contribution in [0.2, 0.25) is 0 Å². The van der Waals surface area contributed by atoms with Gasteiger partial charge < -0.3 is 19.5 Å². The second kappa shape index (κ2) is 10.3. The standard InChI is InChI=1S/C25H23N3O5S/c1-31-18-8-6-7-17(14-18)28-24(30)19-9-4-5-10-20(19)27-25(28)34-15-23(29)26-16-11-12-21(32-2)22(13-16)33-3/h4-14H,15H2,1-3H3,(H,26,29). The number of fused-ring (bicyclic) bond motifs is 1. The summed E-state index contributed by atoms with van der Waals surface area (Å²) in [6, 6.07) is 19.4. The van der Waals surface area contributed by atoms with Gasteiger partial charge >= 0.3 is 0 Å². The van der Waals surface area contributed by atoms with Gasteiger partial charge in [0.05, 0.1) is 43.7 Å². The lowest BCUT2D eigenvalue weighted by Crippen LogP contribution is -2.23. The van der Waals surface area contributed by atoms with Crippen LogP contribution in [0.4, 0.5) is 5.69 Å². The smallest absolute Gasteiger partial charge is 0.266 e. The van der Waals surface area contributed by atoms with Crippen LogP contribution in [0, 0.1) is 0 Å². The zero-order valence-corrected chi connectivity index (χ0v) is 19.7. The Morgan fingerprint density at radius 1 is 0.941 bits per heavy atom. The van der Waals surface area contributed by atoms with Gasteiger partial charge in [0.15, 0.2) is 16.7 Å². The molecule has 34 heavy (non-hydrogen) atoms. The molecule has 1 aromatic heterocycles. The Kier molecular flexibility index (Phi) is 7.03. The summed E-state index contributed by atoms with van der Waals surface area (Å²) in [4.78, 5) is 30.7. The van der Waals surface area contributed by atoms with E-state index in [1.807, 2.05) is 6.07 Å². The number of hydrogen-bond acceptors (Lipinski definition) is 7. The molecule has 0 spiro atoms. The molecule has 0 saturated carbocycles. The molecule has 0 aliphatic heterocycles. The van der Waals surface area contributed by atoms with Crippen LogP contribution < -0.4 is 25.1 Å². The van der Waals surface area contributed by atoms with Gasteiger partial charge in [0.25, 0.3) is 5.56 Å². The van der Waals surface area contributed by atoms with Crippen molar-refractivity contribution in [2.24, 2.45) is 0 Å². The highest BCUT2D eigenvalue weighted by molar-refractivity contribution is 7.99. The molecule has 0 atom stereocenters. The van der Waals surface area contributed by atoms with Crippen LogP contribution in [-0.4, -0.2) is 42.5 Å². The monoisotopic (exact) mass is 477 g/mol. The number of aromatic nitrogens is 2. The fourth-order valence-corrected chi connectivity index (χ4v) is 4.24. The van der Waals surface area contributed by atoms with E-state index in [0.29, 0.717) is 44.7 Å². The van der Waals surface area contributed by atoms with Crippen molar-refractivity contribution in [1.82, 2.24) is 9.55 Å². The minimum atomic E-state index is -0.253. The predicted octanol–water partition coefficient (Wildman–Crippen LogP) is 4.14. The number of carbonyl (C=O) groups is 1. The zero-order valence-electron chi connectivity index (χ0n) is 18.9. The Bertz CT molecular complexity index is 1400. The fourth-order valence-electron chi connectivity index (χ4n) is 3.43. The molecule has 0 radical (unpaired) electrons. The van der Waals surface area contributed by atoms with E-state index in [0.717, 1.165) is 0 Å². The number of anilines is 1. The molecule has 0 aliphatic rings. The molecule has 174 valence electrons. The summed E-state index contributed by atoms with van der Waals surface area (Å²) in [6.07, 6.45) is 0. The molecule has 1 N–H and O–H groups in total. The van der Waals surface area contributed by atoms with Crippen LogP contribution in [0.25, 0.3) is 16.6 Å². The quantitative estimate of drug-likeness (QED) is 0.301. The summed E-state index contributed by atoms with van der Waals surface area (Å²) in [7, 11) is 4.64. The van der Waals surface area contributed by atoms with Gasteiger partial charge in [-0.3, -0.25) is 14.2 Å². The first-order chi connectivity index (χ1) is 16.5. The first kappa shape index (κ1) is 23.2. The number of nitrogens with zero attached hydrogens (tertiary/aromatic N) is 2. The van der Waals surface area contributed by atoms with Crippen molar-refractivity contribution in [3.8, 4) is 22.9 Å². The lowest BCUT2D eigenvalue weighted by Gasteiger charge is -2.14. The Morgan fingerprint density at radius 3 is 2.50 bits per heavy atom. The minimum Gasteiger partial charge on any atom is -0.497 e. The fraction of sp³-hybridized carbons (Fsp3) is 0.160. The summed E-state index contributed by atoms with van der Waals surface area (Å²) < 4.78 is 17.3. The van der Waals surface area contributed by atoms with Crippen molar-refractivity contribution < 1.29 is 19.0 Å². The number of hydrogen-bond donors (Lipinski definition) is 1. The SMILES string of the molecule is COc1cccc(-n2c(SCC(=O)Nc3ccc(OC)c(OC)c3)nc3ccccc3c2=O)c1. The number of nitrogens with one attached hydrogen (secondary N) is 1. The van der Waals surface area contributed by atoms with E-state index in [-0.39, 0.29) is 17.2 Å². The van der Waals surface area contributed by atoms with Crippen LogP contribution in [0.15, 0.2) is 76.7 Å². The van der Waals surface area contributed by atoms with Gasteiger partial charge in [0.2, 0.25) is 5.91 Å². The number of amides is 1. The highest BCUT2D eigenvalue weighted by atomic mass is 32.2. The van der Waals surface area contributed by atoms with Crippen molar-refractivity contribution in [3.63, 3.8) is 0 Å². The number of benzene rings is 3. The van der Waals surface area contributed by atoms with Crippen molar-refractivity contribution in [1.29, 1.82) is 0 Å². The normalized spacial score (nSPS) is 10.7. The summed E-state index contributed by atoms with van der Waals surface area (Å²) in [5, 5.41) is 3.73. The third-order valence-corrected chi connectivity index (χ3v) is 5.99. The number of para-hydroxylation sites is 1. The third kappa shape index (κ3) is 4.84. The van der Waals surface area contributed by atoms with E-state index < -0.39 is 0 Å². The Morgan fingerprint density at radius 2 is 1.74 bits per heavy atom. The molecule has 0 unspecified atom stereocenters. The lowest BCUT2D eigenvalue weighted by molar-refractivity contribution is -0.113. The summed E-state index contributed by atoms with van der Waals surface area (Å²) in [5.41, 5.74) is 1.52. The molecule has 8 nitrogen and oxygen atoms in total. The number of rotatable bonds is 8. The molecular formula is C25H23N3O5S. The van der Waals surface area contributed by atoms with Crippen LogP contribution in [-0.2, 0) is 4.79 Å². The average Bonchev–Trinajstić information content (AvgIpc) is 2.87. The van der Waals surface area contributed by atoms with Gasteiger partial charge in [-0.25, -0.2) is 4.98 Å². The van der Waals surface area contributed by atoms with Crippen LogP contribution in [0.1, 0.15) is 0 Å². The number of ether oxygens (including phenoxy) is 3. The number of methoxy groups -OCH3 is 3. The van der Waals surface area contributed by atoms with Gasteiger partial charge in [-0.2, -0.15) is 0 Å². The molecule has 1 heterocycles. The van der Waals surface area contributed by atoms with Crippen molar-refractivity contribution in [3.05, 3.63) is 77.1 Å². The van der Waals surface area contributed by atoms with Crippen molar-refractivity contribution in [2.45, 2.75) is 5.16 Å². The van der Waals surface area contributed by atoms with Gasteiger partial charge in [0.1, 0.15) is 5.75 Å². The second-order valence-corrected chi connectivity index (χ2v) is 8.10. The summed E-state index contributed by atoms with van der Waals surface area (Å²) in [6.45, 7) is 0. The molecule has 0 fully saturated rings. The second-order valence-electron chi connectivity index (χ2n) is 7.16. The minimum absolute atomic E-state index is 0.0447. The molecule has 1 amide bonds. The first-order valence-electron chi connectivity index (χ1n) is 10.3. The Labute approximate surface area is 200 Å². The zero-order chi connectivity index (χ0) is 24.1. The number of carbonyl (C=O) groups excluding carboxylic acids is 1. The molecule has 0 aliphatic carbocycles. The molecular weight excluding hydrogens is 454 g/mol. The van der Waals surface area contributed by atoms with Gasteiger partial charge in [-0.05, 0) is 36.4 Å². The highest BCUT2D eigenvalue weighted by Gasteiger charge is 2.16. The van der Waals surface area contributed by atoms with Crippen molar-refractivity contribution >= 4 is 34.3 Å². The summed E-state index contributed by atoms with van der Waals surface area (Å²) >= 11 is 1.17. The summed E-state index contributed by atoms with van der Waals surface area (Å²) in [5.74, 6) is 1.48. The van der Waals surface area contributed by atoms with E-state index in [9.17, 15) is 9.59 Å². The van der Waals surface area contributed by atoms with Crippen LogP contribution in [0.5, 0.6) is 17.2 Å². The number of thioether (sulfide) groups is 1. The van der Waals surface area contributed by atoms with E-state index in [1.165, 1.54) is 23.4 Å². The molecule has 0 saturated heterocycles. The highest BCUT2D eigenvalue weighted by Crippen LogP contribution is 2.30. The average molecular weight is 478 g/mol. The predicted molar refractivity (Wildman–Crippen MR) is 133 cm³/mol. The van der Waals surface area contributed by atoms with E-state index in [2.05, 4.69) is 10.3 Å². The Balaban J connectivity index is 1.63. The van der Waals surface area contributed by atoms with Gasteiger partial charge in [-0.1, -0.05) is 30.0 Å². The maximum atomic E-state index is 13.4. The van der Waals surface area contributed by atoms with Crippen LogP contribution in [0.3, 0.4) is 0 Å². The third-order valence-electron chi connectivity index (χ3n) is 5.06. The van der Waals surface area contributed by atoms with E-state index in [4.69, 9.17) is 14.2 Å². The lowest BCUT2D eigenvalue weighted by atomic mass is 10.2. The van der Waals surface area contributed by atoms with Gasteiger partial charge in [0, 0.05) is 17.8 Å². The molecule has 4 aromatic rings. The van der Waals surface area contributed by atoms with Crippen LogP contribution >= 0.6 is 11.8 Å². The molecule has 3 aromatic carbocycles. The van der Waals surface area contributed by atoms with Crippen molar-refractivity contribution in [2.75, 3.05) is 32.4 Å². The van der Waals surface area contributed by atoms with E-state index >= 15 is 0 Å². The molecule has 0 bridgehead atoms. The molecule has 9 heteroatoms. The van der Waals surface area contributed by atoms with Gasteiger partial charge in [-0.15, -0.1) is 0 Å². The maximum Gasteiger partial charge on any atom is 0.266 e. The van der Waals surface area contributed by atoms with E-state index in [1.54, 1.807) is 74.9 Å². The molecule has 4 rings (SSSR count). The Hall–Kier alpha value is -3.98. The first-order valence-corrected chi connectivity index (χ1v) is 11.3.